The van der Waals surface area contributed by atoms with Gasteiger partial charge in [-0.05, 0) is 6.42 Å². The molecule has 5 nitrogen and oxygen atoms in total. The lowest BCUT2D eigenvalue weighted by atomic mass is 10.2. The van der Waals surface area contributed by atoms with Crippen molar-refractivity contribution in [1.29, 1.82) is 0 Å². The van der Waals surface area contributed by atoms with Crippen LogP contribution in [0.3, 0.4) is 0 Å². The Morgan fingerprint density at radius 1 is 1.67 bits per heavy atom. The van der Waals surface area contributed by atoms with Gasteiger partial charge in [0.1, 0.15) is 6.04 Å². The molecule has 0 aliphatic heterocycles. The Morgan fingerprint density at radius 2 is 2.17 bits per heavy atom. The minimum absolute atomic E-state index is 0.00220. The van der Waals surface area contributed by atoms with Crippen LogP contribution in [0.4, 0.5) is 0 Å². The summed E-state index contributed by atoms with van der Waals surface area (Å²) in [4.78, 5) is 21.0. The van der Waals surface area contributed by atoms with Crippen LogP contribution in [-0.2, 0) is 9.59 Å². The molecule has 1 atom stereocenters. The molecular weight excluding hydrogens is 251 g/mol. The van der Waals surface area contributed by atoms with Crippen LogP contribution in [0.2, 0.25) is 0 Å². The van der Waals surface area contributed by atoms with E-state index in [1.165, 1.54) is 0 Å². The first kappa shape index (κ1) is 11.7. The van der Waals surface area contributed by atoms with Gasteiger partial charge in [0.15, 0.2) is 0 Å². The number of nitrogens with two attached hydrogens (primary N) is 1. The highest BCUT2D eigenvalue weighted by Crippen LogP contribution is 2.07. The summed E-state index contributed by atoms with van der Waals surface area (Å²) in [7, 11) is 0. The Labute approximate surface area is 82.9 Å². The predicted molar refractivity (Wildman–Crippen MR) is 46.5 cm³/mol. The molecule has 0 aliphatic carbocycles. The highest BCUT2D eigenvalue weighted by molar-refractivity contribution is 9.08. The zero-order chi connectivity index (χ0) is 9.72. The molecule has 0 aromatic rings. The molecule has 0 radical (unpaired) electrons. The lowest BCUT2D eigenvalue weighted by molar-refractivity contribution is -0.138. The van der Waals surface area contributed by atoms with Gasteiger partial charge in [-0.1, -0.05) is 0 Å². The zero-order valence-corrected chi connectivity index (χ0v) is 8.38. The molecular formula is C5H8BrClN2O3. The van der Waals surface area contributed by atoms with Crippen LogP contribution in [0.25, 0.3) is 0 Å². The number of carbonyl (C=O) groups is 2. The Balaban J connectivity index is 3.69. The summed E-state index contributed by atoms with van der Waals surface area (Å²) in [6.07, 6.45) is 0.0746. The van der Waals surface area contributed by atoms with Crippen molar-refractivity contribution in [2.24, 2.45) is 5.73 Å². The smallest absolute Gasteiger partial charge is 0.320 e. The fourth-order valence-corrected chi connectivity index (χ4v) is 0.749. The Hall–Kier alpha value is -0.330. The maximum absolute atomic E-state index is 10.8. The first-order valence-corrected chi connectivity index (χ1v) is 4.12. The van der Waals surface area contributed by atoms with Crippen molar-refractivity contribution >= 4 is 39.8 Å². The van der Waals surface area contributed by atoms with Crippen LogP contribution in [0, 0.1) is 0 Å². The summed E-state index contributed by atoms with van der Waals surface area (Å²) in [6, 6.07) is -1.02. The molecule has 0 spiro atoms. The maximum atomic E-state index is 10.8. The minimum Gasteiger partial charge on any atom is -0.480 e. The van der Waals surface area contributed by atoms with E-state index in [2.05, 4.69) is 16.1 Å². The average molecular weight is 259 g/mol. The van der Waals surface area contributed by atoms with Crippen molar-refractivity contribution in [3.63, 3.8) is 0 Å². The number of carbonyl (C=O) groups excluding carboxylic acids is 1. The summed E-state index contributed by atoms with van der Waals surface area (Å²) in [5.41, 5.74) is 5.14. The lowest BCUT2D eigenvalue weighted by Gasteiger charge is -2.06. The molecule has 0 saturated heterocycles. The predicted octanol–water partition coefficient (Wildman–Crippen LogP) is 0.471. The minimum atomic E-state index is -1.13. The molecule has 0 rings (SSSR count). The summed E-state index contributed by atoms with van der Waals surface area (Å²) < 4.78 is 0.696. The second-order valence-corrected chi connectivity index (χ2v) is 3.57. The number of halogens is 2. The molecule has 0 bridgehead atoms. The van der Waals surface area contributed by atoms with Crippen molar-refractivity contribution in [2.45, 2.75) is 18.9 Å². The fraction of sp³-hybridized carbons (Fsp3) is 0.600. The standard InChI is InChI=1S/C5H8BrClN2O3/c6-9(7)4(10)2-1-3(8)5(11)12/h3H,1-2,8H2,(H,11,12). The normalized spacial score (nSPS) is 12.2. The van der Waals surface area contributed by atoms with E-state index in [1.807, 2.05) is 0 Å². The van der Waals surface area contributed by atoms with Gasteiger partial charge in [-0.15, -0.1) is 0 Å². The summed E-state index contributed by atoms with van der Waals surface area (Å²) >= 11 is 7.89. The molecule has 7 heteroatoms. The van der Waals surface area contributed by atoms with Gasteiger partial charge >= 0.3 is 5.97 Å². The van der Waals surface area contributed by atoms with Crippen LogP contribution in [0.5, 0.6) is 0 Å². The van der Waals surface area contributed by atoms with Gasteiger partial charge in [0.05, 0.1) is 16.1 Å². The average Bonchev–Trinajstić information content (AvgIpc) is 1.98. The molecule has 0 heterocycles. The molecule has 1 amide bonds. The van der Waals surface area contributed by atoms with Gasteiger partial charge in [0.25, 0.3) is 0 Å². The third kappa shape index (κ3) is 4.53. The van der Waals surface area contributed by atoms with Gasteiger partial charge in [-0.25, -0.2) is 0 Å². The van der Waals surface area contributed by atoms with Crippen molar-refractivity contribution in [2.75, 3.05) is 0 Å². The number of carboxylic acids is 1. The van der Waals surface area contributed by atoms with E-state index in [9.17, 15) is 9.59 Å². The quantitative estimate of drug-likeness (QED) is 0.719. The second-order valence-electron chi connectivity index (χ2n) is 2.11. The first-order valence-electron chi connectivity index (χ1n) is 3.08. The van der Waals surface area contributed by atoms with Crippen molar-refractivity contribution in [3.8, 4) is 0 Å². The molecule has 0 fully saturated rings. The van der Waals surface area contributed by atoms with Gasteiger partial charge in [-0.2, -0.15) is 3.45 Å². The summed E-state index contributed by atoms with van der Waals surface area (Å²) in [6.45, 7) is 0. The van der Waals surface area contributed by atoms with Gasteiger partial charge in [0.2, 0.25) is 5.91 Å². The molecule has 3 N–H and O–H groups in total. The van der Waals surface area contributed by atoms with Crippen LogP contribution in [0.15, 0.2) is 0 Å². The van der Waals surface area contributed by atoms with E-state index >= 15 is 0 Å². The topological polar surface area (TPSA) is 83.6 Å². The van der Waals surface area contributed by atoms with E-state index in [-0.39, 0.29) is 12.8 Å². The fourth-order valence-electron chi connectivity index (χ4n) is 0.487. The number of hydrogen-bond donors (Lipinski definition) is 2. The summed E-state index contributed by atoms with van der Waals surface area (Å²) in [5.74, 6) is -1.55. The van der Waals surface area contributed by atoms with Crippen LogP contribution < -0.4 is 5.73 Å². The number of nitrogens with zero attached hydrogens (tertiary/aromatic N) is 1. The largest absolute Gasteiger partial charge is 0.480 e. The Kier molecular flexibility index (Phi) is 5.19. The second kappa shape index (κ2) is 5.34. The highest BCUT2D eigenvalue weighted by Gasteiger charge is 2.15. The Bertz CT molecular complexity index is 188. The van der Waals surface area contributed by atoms with Crippen LogP contribution >= 0.6 is 27.9 Å². The third-order valence-electron chi connectivity index (χ3n) is 1.17. The van der Waals surface area contributed by atoms with Crippen molar-refractivity contribution in [1.82, 2.24) is 3.45 Å². The Morgan fingerprint density at radius 3 is 2.50 bits per heavy atom. The number of carboxylic acid groups (broad SMARTS) is 1. The van der Waals surface area contributed by atoms with Crippen LogP contribution in [0.1, 0.15) is 12.8 Å². The molecule has 0 saturated carbocycles. The van der Waals surface area contributed by atoms with E-state index < -0.39 is 17.9 Å². The first-order chi connectivity index (χ1) is 5.45. The number of hydrogen-bond acceptors (Lipinski definition) is 3. The van der Waals surface area contributed by atoms with Crippen molar-refractivity contribution in [3.05, 3.63) is 0 Å². The number of rotatable bonds is 4. The lowest BCUT2D eigenvalue weighted by Crippen LogP contribution is -2.31. The number of amides is 1. The van der Waals surface area contributed by atoms with E-state index in [1.54, 1.807) is 0 Å². The van der Waals surface area contributed by atoms with Crippen LogP contribution in [-0.4, -0.2) is 26.5 Å². The number of aliphatic carboxylic acids is 1. The maximum Gasteiger partial charge on any atom is 0.320 e. The summed E-state index contributed by atoms with van der Waals surface area (Å²) in [5, 5.41) is 8.34. The SMILES string of the molecule is NC(CCC(=O)N(Cl)Br)C(=O)O. The zero-order valence-electron chi connectivity index (χ0n) is 6.04. The van der Waals surface area contributed by atoms with Gasteiger partial charge < -0.3 is 10.8 Å². The van der Waals surface area contributed by atoms with Gasteiger partial charge in [0, 0.05) is 18.2 Å². The third-order valence-corrected chi connectivity index (χ3v) is 1.76. The molecule has 1 unspecified atom stereocenters. The van der Waals surface area contributed by atoms with Crippen molar-refractivity contribution < 1.29 is 14.7 Å². The van der Waals surface area contributed by atoms with Gasteiger partial charge in [-0.3, -0.25) is 9.59 Å². The molecule has 70 valence electrons. The molecule has 0 aromatic heterocycles. The molecule has 0 aromatic carbocycles. The van der Waals surface area contributed by atoms with E-state index in [0.717, 1.165) is 0 Å². The van der Waals surface area contributed by atoms with E-state index in [0.29, 0.717) is 3.45 Å². The monoisotopic (exact) mass is 258 g/mol. The molecule has 12 heavy (non-hydrogen) atoms. The highest BCUT2D eigenvalue weighted by atomic mass is 79.9. The van der Waals surface area contributed by atoms with E-state index in [4.69, 9.17) is 22.6 Å². The molecule has 0 aliphatic rings.